The van der Waals surface area contributed by atoms with Crippen molar-refractivity contribution in [3.63, 3.8) is 0 Å². The highest BCUT2D eigenvalue weighted by atomic mass is 35.5. The minimum atomic E-state index is -4.71. The van der Waals surface area contributed by atoms with E-state index in [0.29, 0.717) is 6.07 Å². The molecule has 0 spiro atoms. The van der Waals surface area contributed by atoms with Crippen LogP contribution in [0.1, 0.15) is 28.4 Å². The molecule has 0 bridgehead atoms. The number of hydrogen-bond donors (Lipinski definition) is 1. The lowest BCUT2D eigenvalue weighted by molar-refractivity contribution is -0.137. The molecule has 27 heavy (non-hydrogen) atoms. The Kier molecular flexibility index (Phi) is 6.44. The van der Waals surface area contributed by atoms with Crippen LogP contribution in [-0.2, 0) is 22.6 Å². The molecule has 1 N–H and O–H groups in total. The zero-order valence-corrected chi connectivity index (χ0v) is 16.2. The van der Waals surface area contributed by atoms with Gasteiger partial charge in [-0.15, -0.1) is 0 Å². The van der Waals surface area contributed by atoms with Crippen LogP contribution in [0.15, 0.2) is 35.2 Å². The van der Waals surface area contributed by atoms with Gasteiger partial charge in [-0.3, -0.25) is 4.79 Å². The molecule has 0 aliphatic rings. The molecule has 0 fully saturated rings. The zero-order valence-electron chi connectivity index (χ0n) is 13.8. The molecule has 2 rings (SSSR count). The summed E-state index contributed by atoms with van der Waals surface area (Å²) in [5.74, 6) is -1.01. The van der Waals surface area contributed by atoms with Gasteiger partial charge in [-0.2, -0.15) is 13.2 Å². The van der Waals surface area contributed by atoms with Crippen molar-refractivity contribution in [2.75, 3.05) is 5.75 Å². The number of alkyl halides is 3. The van der Waals surface area contributed by atoms with Gasteiger partial charge in [0.2, 0.25) is 0 Å². The Labute approximate surface area is 164 Å². The van der Waals surface area contributed by atoms with Crippen molar-refractivity contribution in [1.82, 2.24) is 5.32 Å². The third-order valence-electron chi connectivity index (χ3n) is 3.58. The smallest absolute Gasteiger partial charge is 0.348 e. The Morgan fingerprint density at radius 1 is 1.19 bits per heavy atom. The predicted octanol–water partition coefficient (Wildman–Crippen LogP) is 4.54. The molecule has 0 saturated heterocycles. The maximum atomic E-state index is 12.8. The fourth-order valence-corrected chi connectivity index (χ4v) is 3.77. The quantitative estimate of drug-likeness (QED) is 0.745. The number of rotatable bonds is 5. The van der Waals surface area contributed by atoms with Gasteiger partial charge in [0.05, 0.1) is 16.2 Å². The first-order valence-electron chi connectivity index (χ1n) is 7.53. The number of nitrogens with one attached hydrogen (secondary N) is 1. The van der Waals surface area contributed by atoms with Crippen molar-refractivity contribution in [2.45, 2.75) is 24.5 Å². The summed E-state index contributed by atoms with van der Waals surface area (Å²) in [4.78, 5) is 12.2. The third-order valence-corrected chi connectivity index (χ3v) is 5.85. The number of hydrogen-bond acceptors (Lipinski definition) is 3. The molecule has 1 radical (unpaired) electrons. The fourth-order valence-electron chi connectivity index (χ4n) is 2.24. The lowest BCUT2D eigenvalue weighted by Crippen LogP contribution is -2.24. The summed E-state index contributed by atoms with van der Waals surface area (Å²) in [7, 11) is -3.58. The van der Waals surface area contributed by atoms with E-state index in [1.54, 1.807) is 0 Å². The van der Waals surface area contributed by atoms with Crippen molar-refractivity contribution in [1.29, 1.82) is 0 Å². The molecule has 145 valence electrons. The summed E-state index contributed by atoms with van der Waals surface area (Å²) in [6, 6.07) is 7.66. The number of benzene rings is 2. The summed E-state index contributed by atoms with van der Waals surface area (Å²) >= 11 is 11.5. The first-order chi connectivity index (χ1) is 12.4. The van der Waals surface area contributed by atoms with Gasteiger partial charge in [0.15, 0.2) is 9.84 Å². The summed E-state index contributed by atoms with van der Waals surface area (Å²) in [5, 5.41) is 2.27. The third kappa shape index (κ3) is 5.37. The van der Waals surface area contributed by atoms with E-state index in [9.17, 15) is 26.4 Å². The van der Waals surface area contributed by atoms with E-state index in [2.05, 4.69) is 5.32 Å². The molecule has 1 amide bonds. The fraction of sp³-hybridized carbons (Fsp3) is 0.235. The van der Waals surface area contributed by atoms with Crippen LogP contribution in [0.2, 0.25) is 10.0 Å². The minimum Gasteiger partial charge on any atom is -0.348 e. The van der Waals surface area contributed by atoms with Gasteiger partial charge in [-0.05, 0) is 35.9 Å². The molecule has 2 aromatic carbocycles. The molecule has 0 aliphatic heterocycles. The Balaban J connectivity index is 2.29. The van der Waals surface area contributed by atoms with Crippen LogP contribution in [0.3, 0.4) is 0 Å². The SMILES string of the molecule is CCS(=O)(=O)c1ccc(Cl)cc1CNC(=O)c1cc(Cl)[c]c(C(F)(F)F)c1. The average molecular weight is 439 g/mol. The summed E-state index contributed by atoms with van der Waals surface area (Å²) in [6.07, 6.45) is -4.71. The van der Waals surface area contributed by atoms with Gasteiger partial charge in [-0.25, -0.2) is 8.42 Å². The molecular formula is C17H13Cl2F3NO3S. The molecule has 0 saturated carbocycles. The summed E-state index contributed by atoms with van der Waals surface area (Å²) < 4.78 is 62.8. The largest absolute Gasteiger partial charge is 0.417 e. The van der Waals surface area contributed by atoms with Gasteiger partial charge in [0.25, 0.3) is 5.91 Å². The normalized spacial score (nSPS) is 12.1. The predicted molar refractivity (Wildman–Crippen MR) is 95.6 cm³/mol. The second-order valence-corrected chi connectivity index (χ2v) is 8.56. The Hall–Kier alpha value is -1.77. The first-order valence-corrected chi connectivity index (χ1v) is 9.94. The number of amides is 1. The van der Waals surface area contributed by atoms with Crippen LogP contribution in [-0.4, -0.2) is 20.1 Å². The Morgan fingerprint density at radius 3 is 2.44 bits per heavy atom. The van der Waals surface area contributed by atoms with E-state index in [4.69, 9.17) is 23.2 Å². The van der Waals surface area contributed by atoms with E-state index in [0.717, 1.165) is 6.07 Å². The standard InChI is InChI=1S/C17H13Cl2F3NO3S/c1-2-27(25,26)15-4-3-13(18)7-11(15)9-23-16(24)10-5-12(17(20,21)22)8-14(19)6-10/h3-7H,2,9H2,1H3,(H,23,24). The highest BCUT2D eigenvalue weighted by Crippen LogP contribution is 2.31. The van der Waals surface area contributed by atoms with Crippen molar-refractivity contribution in [3.8, 4) is 0 Å². The van der Waals surface area contributed by atoms with E-state index >= 15 is 0 Å². The van der Waals surface area contributed by atoms with Crippen LogP contribution < -0.4 is 5.32 Å². The van der Waals surface area contributed by atoms with Gasteiger partial charge in [-0.1, -0.05) is 30.1 Å². The average Bonchev–Trinajstić information content (AvgIpc) is 2.58. The van der Waals surface area contributed by atoms with Crippen molar-refractivity contribution >= 4 is 38.9 Å². The molecule has 0 aromatic heterocycles. The number of carbonyl (C=O) groups is 1. The maximum absolute atomic E-state index is 12.8. The van der Waals surface area contributed by atoms with Gasteiger partial charge in [0, 0.05) is 28.2 Å². The maximum Gasteiger partial charge on any atom is 0.417 e. The van der Waals surface area contributed by atoms with Gasteiger partial charge >= 0.3 is 6.18 Å². The van der Waals surface area contributed by atoms with E-state index in [-0.39, 0.29) is 38.4 Å². The molecule has 2 aromatic rings. The van der Waals surface area contributed by atoms with E-state index in [1.165, 1.54) is 25.1 Å². The molecule has 0 aliphatic carbocycles. The Bertz CT molecular complexity index is 976. The minimum absolute atomic E-state index is 0.00916. The first kappa shape index (κ1) is 21.5. The highest BCUT2D eigenvalue weighted by Gasteiger charge is 2.32. The number of carbonyl (C=O) groups excluding carboxylic acids is 1. The molecule has 4 nitrogen and oxygen atoms in total. The van der Waals surface area contributed by atoms with Crippen molar-refractivity contribution in [3.05, 3.63) is 63.1 Å². The van der Waals surface area contributed by atoms with Crippen molar-refractivity contribution in [2.24, 2.45) is 0 Å². The lowest BCUT2D eigenvalue weighted by atomic mass is 10.1. The summed E-state index contributed by atoms with van der Waals surface area (Å²) in [6.45, 7) is 1.22. The number of sulfone groups is 1. The van der Waals surface area contributed by atoms with E-state index < -0.39 is 27.5 Å². The number of halogens is 5. The molecule has 0 unspecified atom stereocenters. The second kappa shape index (κ2) is 8.08. The molecule has 0 heterocycles. The van der Waals surface area contributed by atoms with Gasteiger partial charge in [0.1, 0.15) is 0 Å². The molecule has 0 atom stereocenters. The van der Waals surface area contributed by atoms with Gasteiger partial charge < -0.3 is 5.32 Å². The van der Waals surface area contributed by atoms with Crippen molar-refractivity contribution < 1.29 is 26.4 Å². The summed E-state index contributed by atoms with van der Waals surface area (Å²) in [5.41, 5.74) is -1.28. The van der Waals surface area contributed by atoms with Crippen LogP contribution >= 0.6 is 23.2 Å². The lowest BCUT2D eigenvalue weighted by Gasteiger charge is -2.12. The van der Waals surface area contributed by atoms with Crippen LogP contribution in [0.4, 0.5) is 13.2 Å². The molecular weight excluding hydrogens is 426 g/mol. The zero-order chi connectivity index (χ0) is 20.4. The topological polar surface area (TPSA) is 63.2 Å². The van der Waals surface area contributed by atoms with Crippen LogP contribution in [0.5, 0.6) is 0 Å². The highest BCUT2D eigenvalue weighted by molar-refractivity contribution is 7.91. The van der Waals surface area contributed by atoms with E-state index in [1.807, 2.05) is 6.07 Å². The van der Waals surface area contributed by atoms with Crippen LogP contribution in [0, 0.1) is 6.07 Å². The van der Waals surface area contributed by atoms with Crippen LogP contribution in [0.25, 0.3) is 0 Å². The Morgan fingerprint density at radius 2 is 1.85 bits per heavy atom. The second-order valence-electron chi connectivity index (χ2n) is 5.47. The monoisotopic (exact) mass is 438 g/mol. The molecule has 10 heteroatoms.